The van der Waals surface area contributed by atoms with Gasteiger partial charge in [-0.3, -0.25) is 0 Å². The predicted octanol–water partition coefficient (Wildman–Crippen LogP) is 2.55. The van der Waals surface area contributed by atoms with Gasteiger partial charge < -0.3 is 0 Å². The first-order chi connectivity index (χ1) is 2.00. The van der Waals surface area contributed by atoms with Crippen molar-refractivity contribution in [1.82, 2.24) is 0 Å². The monoisotopic (exact) mass is 88.1 g/mol. The third-order valence-electron chi connectivity index (χ3n) is 0. The van der Waals surface area contributed by atoms with Gasteiger partial charge in [0.05, 0.1) is 0 Å². The van der Waals surface area contributed by atoms with Crippen LogP contribution in [0.25, 0.3) is 0 Å². The average molecular weight is 88.2 g/mol. The molecule has 0 bridgehead atoms. The van der Waals surface area contributed by atoms with Gasteiger partial charge in [-0.1, -0.05) is 28.7 Å². The third kappa shape index (κ3) is 121. The standard InChI is InChI=1S/C2H6.C2H2.2CH4/c2*1-2;;/h1-2H3;1-2H;2*1H4. The van der Waals surface area contributed by atoms with Gasteiger partial charge in [0.1, 0.15) is 0 Å². The molecule has 0 nitrogen and oxygen atoms in total. The van der Waals surface area contributed by atoms with Gasteiger partial charge in [-0.15, -0.1) is 12.8 Å². The maximum Gasteiger partial charge on any atom is -0.0683 e. The van der Waals surface area contributed by atoms with E-state index in [0.29, 0.717) is 0 Å². The fraction of sp³-hybridized carbons (Fsp3) is 0.667. The Morgan fingerprint density at radius 3 is 0.833 bits per heavy atom. The Bertz CT molecular complexity index is 4.75. The molecule has 0 saturated carbocycles. The van der Waals surface area contributed by atoms with Crippen LogP contribution in [-0.2, 0) is 0 Å². The Kier molecular flexibility index (Phi) is 2360. The van der Waals surface area contributed by atoms with Crippen molar-refractivity contribution in [2.24, 2.45) is 0 Å². The van der Waals surface area contributed by atoms with Gasteiger partial charge in [-0.05, 0) is 0 Å². The van der Waals surface area contributed by atoms with Gasteiger partial charge in [0.25, 0.3) is 0 Å². The van der Waals surface area contributed by atoms with E-state index in [4.69, 9.17) is 0 Å². The van der Waals surface area contributed by atoms with Crippen molar-refractivity contribution >= 4 is 0 Å². The zero-order chi connectivity index (χ0) is 4.00. The second-order valence-electron chi connectivity index (χ2n) is 0. The molecule has 0 aliphatic rings. The molecule has 0 saturated heterocycles. The lowest BCUT2D eigenvalue weighted by molar-refractivity contribution is 1.50. The lowest BCUT2D eigenvalue weighted by Crippen LogP contribution is -0.856. The zero-order valence-electron chi connectivity index (χ0n) is 3.15. The molecule has 6 heavy (non-hydrogen) atoms. The minimum Gasteiger partial charge on any atom is -0.124 e. The quantitative estimate of drug-likeness (QED) is 0.399. The molecule has 0 spiro atoms. The van der Waals surface area contributed by atoms with Gasteiger partial charge in [-0.25, -0.2) is 0 Å². The molecule has 0 unspecified atom stereocenters. The Morgan fingerprint density at radius 2 is 0.833 bits per heavy atom. The Balaban J connectivity index is -0.00000000500. The van der Waals surface area contributed by atoms with E-state index >= 15 is 0 Å². The summed E-state index contributed by atoms with van der Waals surface area (Å²) in [6.07, 6.45) is 8.00. The summed E-state index contributed by atoms with van der Waals surface area (Å²) in [5, 5.41) is 0. The average Bonchev–Trinajstić information content (AvgIpc) is 1.50. The number of terminal acetylenes is 1. The highest BCUT2D eigenvalue weighted by Gasteiger charge is 0.932. The lowest BCUT2D eigenvalue weighted by Gasteiger charge is -1.07. The van der Waals surface area contributed by atoms with E-state index in [1.807, 2.05) is 13.8 Å². The molecule has 0 aromatic rings. The third-order valence-corrected chi connectivity index (χ3v) is 0. The number of hydrogen-bond acceptors (Lipinski definition) is 0. The molecule has 0 aromatic heterocycles. The van der Waals surface area contributed by atoms with E-state index in [1.54, 1.807) is 0 Å². The molecule has 0 aromatic carbocycles. The highest BCUT2D eigenvalue weighted by atomic mass is 13.0. The maximum absolute atomic E-state index is 4.00. The van der Waals surface area contributed by atoms with Crippen LogP contribution in [0.2, 0.25) is 0 Å². The van der Waals surface area contributed by atoms with Crippen molar-refractivity contribution in [2.75, 3.05) is 0 Å². The van der Waals surface area contributed by atoms with Gasteiger partial charge in [-0.2, -0.15) is 0 Å². The van der Waals surface area contributed by atoms with Crippen molar-refractivity contribution in [3.8, 4) is 12.8 Å². The normalized spacial score (nSPS) is 1.33. The summed E-state index contributed by atoms with van der Waals surface area (Å²) in [7, 11) is 0. The SMILES string of the molecule is C.C.C#C.CC. The molecule has 0 aliphatic heterocycles. The highest BCUT2D eigenvalue weighted by Crippen LogP contribution is 1.14. The highest BCUT2D eigenvalue weighted by molar-refractivity contribution is 4.47. The first kappa shape index (κ1) is 47.5. The molecule has 0 fully saturated rings. The Hall–Kier alpha value is -0.440. The predicted molar refractivity (Wildman–Crippen MR) is 34.7 cm³/mol. The lowest BCUT2D eigenvalue weighted by atomic mass is 11.0. The first-order valence-corrected chi connectivity index (χ1v) is 1.33. The molecule has 0 atom stereocenters. The van der Waals surface area contributed by atoms with E-state index in [9.17, 15) is 0 Å². The molecule has 0 heterocycles. The molecule has 0 aliphatic carbocycles. The molecular formula is C6H16. The summed E-state index contributed by atoms with van der Waals surface area (Å²) in [4.78, 5) is 0. The van der Waals surface area contributed by atoms with E-state index in [1.165, 1.54) is 0 Å². The molecule has 40 valence electrons. The summed E-state index contributed by atoms with van der Waals surface area (Å²) < 4.78 is 0. The summed E-state index contributed by atoms with van der Waals surface area (Å²) in [6, 6.07) is 0. The largest absolute Gasteiger partial charge is 0.124 e. The van der Waals surface area contributed by atoms with Crippen LogP contribution in [0.3, 0.4) is 0 Å². The van der Waals surface area contributed by atoms with E-state index in [0.717, 1.165) is 0 Å². The molecule has 0 amide bonds. The van der Waals surface area contributed by atoms with E-state index < -0.39 is 0 Å². The minimum atomic E-state index is 0. The fourth-order valence-electron chi connectivity index (χ4n) is 0. The van der Waals surface area contributed by atoms with Gasteiger partial charge in [0.2, 0.25) is 0 Å². The number of hydrogen-bond donors (Lipinski definition) is 0. The maximum atomic E-state index is 4.00. The minimum absolute atomic E-state index is 0. The first-order valence-electron chi connectivity index (χ1n) is 1.33. The second kappa shape index (κ2) is 299. The van der Waals surface area contributed by atoms with Crippen molar-refractivity contribution in [1.29, 1.82) is 0 Å². The summed E-state index contributed by atoms with van der Waals surface area (Å²) >= 11 is 0. The van der Waals surface area contributed by atoms with Crippen molar-refractivity contribution in [3.63, 3.8) is 0 Å². The van der Waals surface area contributed by atoms with Gasteiger partial charge >= 0.3 is 0 Å². The fourth-order valence-corrected chi connectivity index (χ4v) is 0. The summed E-state index contributed by atoms with van der Waals surface area (Å²) in [5.74, 6) is 0. The van der Waals surface area contributed by atoms with E-state index in [2.05, 4.69) is 12.8 Å². The van der Waals surface area contributed by atoms with Crippen LogP contribution in [0, 0.1) is 12.8 Å². The Labute approximate surface area is 42.6 Å². The van der Waals surface area contributed by atoms with Crippen LogP contribution in [-0.4, -0.2) is 0 Å². The second-order valence-corrected chi connectivity index (χ2v) is 0. The zero-order valence-corrected chi connectivity index (χ0v) is 3.15. The van der Waals surface area contributed by atoms with Crippen molar-refractivity contribution in [2.45, 2.75) is 28.7 Å². The Morgan fingerprint density at radius 1 is 0.833 bits per heavy atom. The number of rotatable bonds is 0. The van der Waals surface area contributed by atoms with Crippen molar-refractivity contribution < 1.29 is 0 Å². The molecule has 0 rings (SSSR count). The van der Waals surface area contributed by atoms with Crippen LogP contribution in [0.1, 0.15) is 28.7 Å². The topological polar surface area (TPSA) is 0 Å². The summed E-state index contributed by atoms with van der Waals surface area (Å²) in [6.45, 7) is 4.00. The van der Waals surface area contributed by atoms with Gasteiger partial charge in [0.15, 0.2) is 0 Å². The van der Waals surface area contributed by atoms with Crippen LogP contribution in [0.4, 0.5) is 0 Å². The molecule has 0 N–H and O–H groups in total. The summed E-state index contributed by atoms with van der Waals surface area (Å²) in [5.41, 5.74) is 0. The van der Waals surface area contributed by atoms with Crippen LogP contribution < -0.4 is 0 Å². The molecular weight excluding hydrogens is 72.1 g/mol. The smallest absolute Gasteiger partial charge is 0.0683 e. The van der Waals surface area contributed by atoms with Crippen LogP contribution in [0.5, 0.6) is 0 Å². The van der Waals surface area contributed by atoms with Gasteiger partial charge in [0, 0.05) is 0 Å². The molecule has 0 heteroatoms. The van der Waals surface area contributed by atoms with Crippen LogP contribution in [0.15, 0.2) is 0 Å². The molecule has 0 radical (unpaired) electrons. The van der Waals surface area contributed by atoms with E-state index in [-0.39, 0.29) is 14.9 Å². The van der Waals surface area contributed by atoms with Crippen molar-refractivity contribution in [3.05, 3.63) is 0 Å². The van der Waals surface area contributed by atoms with Crippen LogP contribution >= 0.6 is 0 Å².